The molecule has 0 amide bonds. The summed E-state index contributed by atoms with van der Waals surface area (Å²) in [6.45, 7) is 7.09. The maximum absolute atomic E-state index is 10.4. The van der Waals surface area contributed by atoms with E-state index in [4.69, 9.17) is 16.1 Å². The zero-order chi connectivity index (χ0) is 16.2. The molecule has 2 aromatic rings. The number of hydrogen-bond donors (Lipinski definition) is 1. The SMILES string of the molecule is Cc1cc(CN2CCN(C[C@H](O)c3ccccc3Cl)CC2)on1. The minimum atomic E-state index is -0.549. The number of aryl methyl sites for hydroxylation is 1. The van der Waals surface area contributed by atoms with Crippen LogP contribution in [-0.4, -0.2) is 52.8 Å². The molecular weight excluding hydrogens is 314 g/mol. The number of hydrogen-bond acceptors (Lipinski definition) is 5. The van der Waals surface area contributed by atoms with Crippen molar-refractivity contribution in [1.82, 2.24) is 15.0 Å². The van der Waals surface area contributed by atoms with Gasteiger partial charge < -0.3 is 9.63 Å². The van der Waals surface area contributed by atoms with E-state index in [1.54, 1.807) is 0 Å². The highest BCUT2D eigenvalue weighted by atomic mass is 35.5. The fourth-order valence-corrected chi connectivity index (χ4v) is 3.19. The van der Waals surface area contributed by atoms with Gasteiger partial charge in [-0.15, -0.1) is 0 Å². The van der Waals surface area contributed by atoms with E-state index < -0.39 is 6.10 Å². The second kappa shape index (κ2) is 7.45. The van der Waals surface area contributed by atoms with Crippen LogP contribution in [0.4, 0.5) is 0 Å². The largest absolute Gasteiger partial charge is 0.387 e. The maximum Gasteiger partial charge on any atom is 0.150 e. The van der Waals surface area contributed by atoms with Crippen LogP contribution >= 0.6 is 11.6 Å². The summed E-state index contributed by atoms with van der Waals surface area (Å²) in [5.74, 6) is 0.909. The lowest BCUT2D eigenvalue weighted by atomic mass is 10.1. The molecule has 0 unspecified atom stereocenters. The Hall–Kier alpha value is -1.40. The first-order valence-corrected chi connectivity index (χ1v) is 8.29. The van der Waals surface area contributed by atoms with E-state index in [0.717, 1.165) is 49.7 Å². The van der Waals surface area contributed by atoms with Crippen LogP contribution in [0.2, 0.25) is 5.02 Å². The number of rotatable bonds is 5. The Morgan fingerprint density at radius 2 is 1.91 bits per heavy atom. The Morgan fingerprint density at radius 1 is 1.22 bits per heavy atom. The molecule has 0 radical (unpaired) electrons. The number of aromatic nitrogens is 1. The standard InChI is InChI=1S/C17H22ClN3O2/c1-13-10-14(23-19-13)11-20-6-8-21(9-7-20)12-17(22)15-4-2-3-5-16(15)18/h2-5,10,17,22H,6-9,11-12H2,1H3/t17-/m0/s1. The highest BCUT2D eigenvalue weighted by Crippen LogP contribution is 2.23. The van der Waals surface area contributed by atoms with Crippen molar-refractivity contribution in [3.8, 4) is 0 Å². The highest BCUT2D eigenvalue weighted by molar-refractivity contribution is 6.31. The molecule has 1 aliphatic rings. The average Bonchev–Trinajstić information content (AvgIpc) is 2.95. The normalized spacial score (nSPS) is 18.2. The smallest absolute Gasteiger partial charge is 0.150 e. The molecule has 1 atom stereocenters. The summed E-state index contributed by atoms with van der Waals surface area (Å²) in [6.07, 6.45) is -0.549. The minimum Gasteiger partial charge on any atom is -0.387 e. The van der Waals surface area contributed by atoms with Crippen molar-refractivity contribution in [3.63, 3.8) is 0 Å². The van der Waals surface area contributed by atoms with E-state index in [2.05, 4.69) is 15.0 Å². The lowest BCUT2D eigenvalue weighted by Gasteiger charge is -2.35. The van der Waals surface area contributed by atoms with Crippen LogP contribution in [0, 0.1) is 6.92 Å². The zero-order valence-corrected chi connectivity index (χ0v) is 14.0. The van der Waals surface area contributed by atoms with Gasteiger partial charge in [0.25, 0.3) is 0 Å². The fourth-order valence-electron chi connectivity index (χ4n) is 2.93. The van der Waals surface area contributed by atoms with Crippen LogP contribution < -0.4 is 0 Å². The quantitative estimate of drug-likeness (QED) is 0.909. The van der Waals surface area contributed by atoms with E-state index in [1.165, 1.54) is 0 Å². The monoisotopic (exact) mass is 335 g/mol. The third-order valence-electron chi connectivity index (χ3n) is 4.22. The Bertz CT molecular complexity index is 638. The van der Waals surface area contributed by atoms with Crippen molar-refractivity contribution in [2.45, 2.75) is 19.6 Å². The molecule has 1 fully saturated rings. The van der Waals surface area contributed by atoms with Gasteiger partial charge in [-0.25, -0.2) is 0 Å². The van der Waals surface area contributed by atoms with E-state index in [-0.39, 0.29) is 0 Å². The number of aliphatic hydroxyl groups is 1. The Morgan fingerprint density at radius 3 is 2.57 bits per heavy atom. The molecule has 1 saturated heterocycles. The third kappa shape index (κ3) is 4.32. The van der Waals surface area contributed by atoms with E-state index in [1.807, 2.05) is 37.3 Å². The number of halogens is 1. The first-order valence-electron chi connectivity index (χ1n) is 7.91. The molecule has 0 saturated carbocycles. The van der Waals surface area contributed by atoms with Crippen molar-refractivity contribution in [3.05, 3.63) is 52.4 Å². The Kier molecular flexibility index (Phi) is 5.33. The van der Waals surface area contributed by atoms with Crippen LogP contribution in [0.5, 0.6) is 0 Å². The van der Waals surface area contributed by atoms with E-state index in [0.29, 0.717) is 11.6 Å². The molecule has 1 aromatic carbocycles. The summed E-state index contributed by atoms with van der Waals surface area (Å²) >= 11 is 6.15. The Balaban J connectivity index is 1.48. The number of β-amino-alcohol motifs (C(OH)–C–C–N with tert-alkyl or cyclic N) is 1. The summed E-state index contributed by atoms with van der Waals surface area (Å²) in [4.78, 5) is 4.62. The van der Waals surface area contributed by atoms with Crippen LogP contribution in [-0.2, 0) is 6.54 Å². The molecule has 1 aliphatic heterocycles. The van der Waals surface area contributed by atoms with Gasteiger partial charge in [0.15, 0.2) is 5.76 Å². The second-order valence-corrected chi connectivity index (χ2v) is 6.46. The molecule has 0 aliphatic carbocycles. The van der Waals surface area contributed by atoms with Crippen molar-refractivity contribution >= 4 is 11.6 Å². The average molecular weight is 336 g/mol. The van der Waals surface area contributed by atoms with E-state index >= 15 is 0 Å². The third-order valence-corrected chi connectivity index (χ3v) is 4.56. The molecule has 1 N–H and O–H groups in total. The molecule has 124 valence electrons. The number of aliphatic hydroxyl groups excluding tert-OH is 1. The van der Waals surface area contributed by atoms with Crippen LogP contribution in [0.3, 0.4) is 0 Å². The van der Waals surface area contributed by atoms with Gasteiger partial charge in [-0.05, 0) is 13.0 Å². The second-order valence-electron chi connectivity index (χ2n) is 6.05. The van der Waals surface area contributed by atoms with Gasteiger partial charge in [-0.1, -0.05) is 35.0 Å². The van der Waals surface area contributed by atoms with Crippen molar-refractivity contribution in [1.29, 1.82) is 0 Å². The molecule has 5 nitrogen and oxygen atoms in total. The lowest BCUT2D eigenvalue weighted by molar-refractivity contribution is 0.0670. The number of piperazine rings is 1. The summed E-state index contributed by atoms with van der Waals surface area (Å²) in [7, 11) is 0. The van der Waals surface area contributed by atoms with E-state index in [9.17, 15) is 5.11 Å². The van der Waals surface area contributed by atoms with Crippen molar-refractivity contribution in [2.75, 3.05) is 32.7 Å². The maximum atomic E-state index is 10.4. The zero-order valence-electron chi connectivity index (χ0n) is 13.3. The molecule has 0 spiro atoms. The summed E-state index contributed by atoms with van der Waals surface area (Å²) in [6, 6.07) is 9.46. The molecule has 23 heavy (non-hydrogen) atoms. The van der Waals surface area contributed by atoms with Crippen molar-refractivity contribution < 1.29 is 9.63 Å². The van der Waals surface area contributed by atoms with Crippen LogP contribution in [0.15, 0.2) is 34.9 Å². The van der Waals surface area contributed by atoms with Gasteiger partial charge in [-0.3, -0.25) is 9.80 Å². The van der Waals surface area contributed by atoms with Gasteiger partial charge in [0.05, 0.1) is 18.3 Å². The highest BCUT2D eigenvalue weighted by Gasteiger charge is 2.21. The Labute approximate surface area is 141 Å². The first kappa shape index (κ1) is 16.5. The molecular formula is C17H22ClN3O2. The number of nitrogens with zero attached hydrogens (tertiary/aromatic N) is 3. The van der Waals surface area contributed by atoms with Gasteiger partial charge in [0.1, 0.15) is 0 Å². The van der Waals surface area contributed by atoms with Crippen LogP contribution in [0.1, 0.15) is 23.1 Å². The predicted octanol–water partition coefficient (Wildman–Crippen LogP) is 2.49. The first-order chi connectivity index (χ1) is 11.1. The molecule has 6 heteroatoms. The van der Waals surface area contributed by atoms with Gasteiger partial charge in [-0.2, -0.15) is 0 Å². The number of benzene rings is 1. The summed E-state index contributed by atoms with van der Waals surface area (Å²) in [5.41, 5.74) is 1.72. The lowest BCUT2D eigenvalue weighted by Crippen LogP contribution is -2.47. The van der Waals surface area contributed by atoms with Gasteiger partial charge in [0.2, 0.25) is 0 Å². The van der Waals surface area contributed by atoms with Crippen molar-refractivity contribution in [2.24, 2.45) is 0 Å². The molecule has 3 rings (SSSR count). The molecule has 2 heterocycles. The topological polar surface area (TPSA) is 52.7 Å². The molecule has 0 bridgehead atoms. The minimum absolute atomic E-state index is 0.549. The van der Waals surface area contributed by atoms with Crippen LogP contribution in [0.25, 0.3) is 0 Å². The van der Waals surface area contributed by atoms with Gasteiger partial charge >= 0.3 is 0 Å². The summed E-state index contributed by atoms with van der Waals surface area (Å²) < 4.78 is 5.27. The van der Waals surface area contributed by atoms with Gasteiger partial charge in [0, 0.05) is 49.4 Å². The fraction of sp³-hybridized carbons (Fsp3) is 0.471. The molecule has 1 aromatic heterocycles. The summed E-state index contributed by atoms with van der Waals surface area (Å²) in [5, 5.41) is 14.9. The predicted molar refractivity (Wildman–Crippen MR) is 89.4 cm³/mol.